The highest BCUT2D eigenvalue weighted by Crippen LogP contribution is 2.21. The summed E-state index contributed by atoms with van der Waals surface area (Å²) in [5.74, 6) is 0.892. The van der Waals surface area contributed by atoms with Crippen molar-refractivity contribution in [3.63, 3.8) is 0 Å². The maximum absolute atomic E-state index is 11.8. The molecule has 0 radical (unpaired) electrons. The molecule has 1 amide bonds. The molecule has 2 N–H and O–H groups in total. The van der Waals surface area contributed by atoms with Gasteiger partial charge in [-0.25, -0.2) is 5.43 Å². The van der Waals surface area contributed by atoms with Crippen LogP contribution < -0.4 is 10.2 Å². The zero-order valence-electron chi connectivity index (χ0n) is 14.8. The molecular formula is C20H24N2O3. The van der Waals surface area contributed by atoms with Crippen LogP contribution in [0.5, 0.6) is 11.5 Å². The summed E-state index contributed by atoms with van der Waals surface area (Å²) >= 11 is 0. The second kappa shape index (κ2) is 8.87. The Labute approximate surface area is 148 Å². The molecule has 2 aromatic rings. The van der Waals surface area contributed by atoms with Crippen molar-refractivity contribution in [3.8, 4) is 11.5 Å². The molecule has 0 unspecified atom stereocenters. The molecule has 0 aliphatic carbocycles. The largest absolute Gasteiger partial charge is 0.507 e. The van der Waals surface area contributed by atoms with E-state index in [0.29, 0.717) is 17.2 Å². The highest BCUT2D eigenvalue weighted by atomic mass is 16.5. The van der Waals surface area contributed by atoms with Crippen molar-refractivity contribution >= 4 is 12.1 Å². The van der Waals surface area contributed by atoms with Gasteiger partial charge in [-0.3, -0.25) is 4.79 Å². The van der Waals surface area contributed by atoms with Crippen LogP contribution in [-0.2, 0) is 4.79 Å². The number of ether oxygens (including phenoxy) is 1. The van der Waals surface area contributed by atoms with Crippen LogP contribution in [0.25, 0.3) is 0 Å². The van der Waals surface area contributed by atoms with Crippen molar-refractivity contribution in [1.82, 2.24) is 5.43 Å². The SMILES string of the molecule is CC[C@H](C)c1ccc(OCC(=O)N/N=C/c2cc(C)ccc2O)cc1. The van der Waals surface area contributed by atoms with E-state index in [9.17, 15) is 9.90 Å². The molecule has 0 spiro atoms. The van der Waals surface area contributed by atoms with Gasteiger partial charge >= 0.3 is 0 Å². The number of benzene rings is 2. The average molecular weight is 340 g/mol. The van der Waals surface area contributed by atoms with Gasteiger partial charge in [-0.2, -0.15) is 5.10 Å². The summed E-state index contributed by atoms with van der Waals surface area (Å²) in [6.07, 6.45) is 2.48. The highest BCUT2D eigenvalue weighted by Gasteiger charge is 2.05. The van der Waals surface area contributed by atoms with Gasteiger partial charge in [0.2, 0.25) is 0 Å². The molecule has 2 rings (SSSR count). The number of hydrogen-bond donors (Lipinski definition) is 2. The van der Waals surface area contributed by atoms with E-state index in [1.54, 1.807) is 18.2 Å². The van der Waals surface area contributed by atoms with Gasteiger partial charge in [0.05, 0.1) is 6.21 Å². The number of amides is 1. The second-order valence-corrected chi connectivity index (χ2v) is 6.02. The monoisotopic (exact) mass is 340 g/mol. The zero-order chi connectivity index (χ0) is 18.2. The van der Waals surface area contributed by atoms with E-state index in [1.165, 1.54) is 11.8 Å². The summed E-state index contributed by atoms with van der Waals surface area (Å²) in [7, 11) is 0. The maximum Gasteiger partial charge on any atom is 0.277 e. The van der Waals surface area contributed by atoms with Crippen LogP contribution in [0, 0.1) is 6.92 Å². The molecule has 0 saturated heterocycles. The zero-order valence-corrected chi connectivity index (χ0v) is 14.8. The number of hydrazone groups is 1. The molecule has 0 fully saturated rings. The van der Waals surface area contributed by atoms with Gasteiger partial charge in [0.25, 0.3) is 5.91 Å². The normalized spacial score (nSPS) is 12.1. The molecule has 0 heterocycles. The van der Waals surface area contributed by atoms with Gasteiger partial charge in [-0.05, 0) is 49.1 Å². The lowest BCUT2D eigenvalue weighted by Crippen LogP contribution is -2.24. The fourth-order valence-corrected chi connectivity index (χ4v) is 2.26. The fraction of sp³-hybridized carbons (Fsp3) is 0.300. The van der Waals surface area contributed by atoms with Crippen LogP contribution in [0.15, 0.2) is 47.6 Å². The fourth-order valence-electron chi connectivity index (χ4n) is 2.26. The van der Waals surface area contributed by atoms with Crippen LogP contribution in [0.1, 0.15) is 42.9 Å². The Morgan fingerprint density at radius 1 is 1.28 bits per heavy atom. The quantitative estimate of drug-likeness (QED) is 0.596. The molecular weight excluding hydrogens is 316 g/mol. The number of aromatic hydroxyl groups is 1. The molecule has 0 aliphatic heterocycles. The van der Waals surface area contributed by atoms with E-state index in [1.807, 2.05) is 31.2 Å². The number of carbonyl (C=O) groups excluding carboxylic acids is 1. The minimum absolute atomic E-state index is 0.112. The molecule has 132 valence electrons. The van der Waals surface area contributed by atoms with Gasteiger partial charge in [-0.15, -0.1) is 0 Å². The van der Waals surface area contributed by atoms with E-state index in [2.05, 4.69) is 24.4 Å². The first-order valence-corrected chi connectivity index (χ1v) is 8.34. The van der Waals surface area contributed by atoms with Crippen LogP contribution in [0.4, 0.5) is 0 Å². The van der Waals surface area contributed by atoms with Crippen molar-refractivity contribution < 1.29 is 14.6 Å². The molecule has 0 aromatic heterocycles. The number of carbonyl (C=O) groups is 1. The van der Waals surface area contributed by atoms with Crippen LogP contribution in [0.2, 0.25) is 0 Å². The molecule has 5 nitrogen and oxygen atoms in total. The molecule has 0 aliphatic rings. The van der Waals surface area contributed by atoms with Crippen LogP contribution >= 0.6 is 0 Å². The van der Waals surface area contributed by atoms with E-state index >= 15 is 0 Å². The number of aryl methyl sites for hydroxylation is 1. The first-order chi connectivity index (χ1) is 12.0. The predicted octanol–water partition coefficient (Wildman–Crippen LogP) is 3.74. The summed E-state index contributed by atoms with van der Waals surface area (Å²) in [5, 5.41) is 13.5. The highest BCUT2D eigenvalue weighted by molar-refractivity contribution is 5.85. The number of nitrogens with zero attached hydrogens (tertiary/aromatic N) is 1. The molecule has 25 heavy (non-hydrogen) atoms. The van der Waals surface area contributed by atoms with E-state index in [0.717, 1.165) is 12.0 Å². The number of nitrogens with one attached hydrogen (secondary N) is 1. The smallest absolute Gasteiger partial charge is 0.277 e. The summed E-state index contributed by atoms with van der Waals surface area (Å²) < 4.78 is 5.45. The molecule has 1 atom stereocenters. The van der Waals surface area contributed by atoms with Crippen molar-refractivity contribution in [3.05, 3.63) is 59.2 Å². The Bertz CT molecular complexity index is 739. The molecule has 0 bridgehead atoms. The van der Waals surface area contributed by atoms with Crippen LogP contribution in [0.3, 0.4) is 0 Å². The van der Waals surface area contributed by atoms with Gasteiger partial charge in [0, 0.05) is 5.56 Å². The Hall–Kier alpha value is -2.82. The summed E-state index contributed by atoms with van der Waals surface area (Å²) in [6, 6.07) is 12.9. The standard InChI is InChI=1S/C20H24N2O3/c1-4-15(3)16-6-8-18(9-7-16)25-13-20(24)22-21-12-17-11-14(2)5-10-19(17)23/h5-12,15,23H,4,13H2,1-3H3,(H,22,24)/b21-12+/t15-/m0/s1. The first kappa shape index (κ1) is 18.5. The van der Waals surface area contributed by atoms with Crippen LogP contribution in [-0.4, -0.2) is 23.8 Å². The number of rotatable bonds is 7. The Morgan fingerprint density at radius 3 is 2.68 bits per heavy atom. The van der Waals surface area contributed by atoms with Crippen molar-refractivity contribution in [2.45, 2.75) is 33.1 Å². The third-order valence-corrected chi connectivity index (χ3v) is 4.01. The van der Waals surface area contributed by atoms with Crippen molar-refractivity contribution in [2.24, 2.45) is 5.10 Å². The Morgan fingerprint density at radius 2 is 2.00 bits per heavy atom. The lowest BCUT2D eigenvalue weighted by molar-refractivity contribution is -0.123. The Kier molecular flexibility index (Phi) is 6.57. The number of phenolic OH excluding ortho intramolecular Hbond substituents is 1. The van der Waals surface area contributed by atoms with Gasteiger partial charge in [0.1, 0.15) is 11.5 Å². The Balaban J connectivity index is 1.82. The van der Waals surface area contributed by atoms with E-state index < -0.39 is 0 Å². The average Bonchev–Trinajstić information content (AvgIpc) is 2.62. The van der Waals surface area contributed by atoms with Gasteiger partial charge < -0.3 is 9.84 Å². The number of hydrogen-bond acceptors (Lipinski definition) is 4. The minimum Gasteiger partial charge on any atom is -0.507 e. The van der Waals surface area contributed by atoms with E-state index in [-0.39, 0.29) is 18.3 Å². The summed E-state index contributed by atoms with van der Waals surface area (Å²) in [4.78, 5) is 11.8. The lowest BCUT2D eigenvalue weighted by Gasteiger charge is -2.10. The first-order valence-electron chi connectivity index (χ1n) is 8.34. The molecule has 0 saturated carbocycles. The second-order valence-electron chi connectivity index (χ2n) is 6.02. The topological polar surface area (TPSA) is 70.9 Å². The van der Waals surface area contributed by atoms with E-state index in [4.69, 9.17) is 4.74 Å². The van der Waals surface area contributed by atoms with Gasteiger partial charge in [0.15, 0.2) is 6.61 Å². The summed E-state index contributed by atoms with van der Waals surface area (Å²) in [6.45, 7) is 6.11. The minimum atomic E-state index is -0.366. The predicted molar refractivity (Wildman–Crippen MR) is 99.2 cm³/mol. The van der Waals surface area contributed by atoms with Crippen molar-refractivity contribution in [1.29, 1.82) is 0 Å². The third-order valence-electron chi connectivity index (χ3n) is 4.01. The summed E-state index contributed by atoms with van der Waals surface area (Å²) in [5.41, 5.74) is 5.17. The molecule has 5 heteroatoms. The third kappa shape index (κ3) is 5.64. The lowest BCUT2D eigenvalue weighted by atomic mass is 9.99. The van der Waals surface area contributed by atoms with Gasteiger partial charge in [-0.1, -0.05) is 37.6 Å². The maximum atomic E-state index is 11.8. The molecule has 2 aromatic carbocycles. The number of phenols is 1. The van der Waals surface area contributed by atoms with Crippen molar-refractivity contribution in [2.75, 3.05) is 6.61 Å².